The van der Waals surface area contributed by atoms with Gasteiger partial charge in [0.15, 0.2) is 11.5 Å². The van der Waals surface area contributed by atoms with E-state index in [4.69, 9.17) is 9.47 Å². The Balaban J connectivity index is 1.70. The number of hydrogen-bond donors (Lipinski definition) is 1. The van der Waals surface area contributed by atoms with Gasteiger partial charge in [-0.15, -0.1) is 0 Å². The van der Waals surface area contributed by atoms with E-state index in [1.807, 2.05) is 0 Å². The fourth-order valence-electron chi connectivity index (χ4n) is 2.00. The van der Waals surface area contributed by atoms with E-state index in [-0.39, 0.29) is 18.9 Å². The monoisotopic (exact) mass is 291 g/mol. The van der Waals surface area contributed by atoms with Gasteiger partial charge in [-0.1, -0.05) is 6.07 Å². The van der Waals surface area contributed by atoms with Crippen molar-refractivity contribution in [3.8, 4) is 11.5 Å². The predicted octanol–water partition coefficient (Wildman–Crippen LogP) is 2.62. The van der Waals surface area contributed by atoms with Crippen molar-refractivity contribution in [1.29, 1.82) is 0 Å². The van der Waals surface area contributed by atoms with Crippen molar-refractivity contribution in [3.63, 3.8) is 0 Å². The summed E-state index contributed by atoms with van der Waals surface area (Å²) >= 11 is 0. The molecule has 6 heteroatoms. The molecule has 2 aromatic rings. The summed E-state index contributed by atoms with van der Waals surface area (Å²) in [6, 6.07) is 7.96. The zero-order chi connectivity index (χ0) is 14.8. The highest BCUT2D eigenvalue weighted by Crippen LogP contribution is 2.32. The van der Waals surface area contributed by atoms with Crippen molar-refractivity contribution in [2.75, 3.05) is 6.79 Å². The summed E-state index contributed by atoms with van der Waals surface area (Å²) in [6.07, 6.45) is 0. The lowest BCUT2D eigenvalue weighted by atomic mass is 10.1. The summed E-state index contributed by atoms with van der Waals surface area (Å²) in [5.74, 6) is -0.867. The molecule has 0 fully saturated rings. The standard InChI is InChI=1S/C15H11F2NO3/c16-10-2-3-12(17)11(6-10)15(19)18-7-9-1-4-13-14(5-9)21-8-20-13/h1-6H,7-8H2,(H,18,19). The first-order valence-electron chi connectivity index (χ1n) is 6.25. The minimum Gasteiger partial charge on any atom is -0.454 e. The highest BCUT2D eigenvalue weighted by Gasteiger charge is 2.15. The van der Waals surface area contributed by atoms with Crippen LogP contribution in [0.3, 0.4) is 0 Å². The summed E-state index contributed by atoms with van der Waals surface area (Å²) in [6.45, 7) is 0.338. The number of rotatable bonds is 3. The van der Waals surface area contributed by atoms with E-state index < -0.39 is 17.5 Å². The van der Waals surface area contributed by atoms with Gasteiger partial charge < -0.3 is 14.8 Å². The highest BCUT2D eigenvalue weighted by atomic mass is 19.1. The molecule has 1 aliphatic rings. The lowest BCUT2D eigenvalue weighted by Crippen LogP contribution is -2.24. The van der Waals surface area contributed by atoms with Crippen LogP contribution in [0.15, 0.2) is 36.4 Å². The molecule has 0 spiro atoms. The van der Waals surface area contributed by atoms with Crippen LogP contribution < -0.4 is 14.8 Å². The third-order valence-corrected chi connectivity index (χ3v) is 3.06. The lowest BCUT2D eigenvalue weighted by Gasteiger charge is -2.07. The van der Waals surface area contributed by atoms with Crippen molar-refractivity contribution in [3.05, 3.63) is 59.2 Å². The van der Waals surface area contributed by atoms with Gasteiger partial charge in [-0.3, -0.25) is 4.79 Å². The van der Waals surface area contributed by atoms with Crippen LogP contribution in [0.4, 0.5) is 8.78 Å². The molecule has 2 aromatic carbocycles. The number of fused-ring (bicyclic) bond motifs is 1. The average Bonchev–Trinajstić information content (AvgIpc) is 2.94. The van der Waals surface area contributed by atoms with Crippen LogP contribution >= 0.6 is 0 Å². The Kier molecular flexibility index (Phi) is 3.43. The number of hydrogen-bond acceptors (Lipinski definition) is 3. The first kappa shape index (κ1) is 13.4. The molecule has 3 rings (SSSR count). The maximum Gasteiger partial charge on any atom is 0.254 e. The fraction of sp³-hybridized carbons (Fsp3) is 0.133. The van der Waals surface area contributed by atoms with E-state index >= 15 is 0 Å². The van der Waals surface area contributed by atoms with Gasteiger partial charge in [-0.25, -0.2) is 8.78 Å². The van der Waals surface area contributed by atoms with Crippen molar-refractivity contribution in [2.45, 2.75) is 6.54 Å². The molecule has 0 bridgehead atoms. The molecule has 1 amide bonds. The van der Waals surface area contributed by atoms with Crippen LogP contribution in [-0.2, 0) is 6.54 Å². The second-order valence-corrected chi connectivity index (χ2v) is 4.49. The Morgan fingerprint density at radius 1 is 1.10 bits per heavy atom. The van der Waals surface area contributed by atoms with E-state index in [9.17, 15) is 13.6 Å². The summed E-state index contributed by atoms with van der Waals surface area (Å²) in [4.78, 5) is 11.9. The van der Waals surface area contributed by atoms with Crippen LogP contribution in [0.25, 0.3) is 0 Å². The van der Waals surface area contributed by atoms with Gasteiger partial charge in [0, 0.05) is 6.54 Å². The van der Waals surface area contributed by atoms with E-state index in [0.29, 0.717) is 11.5 Å². The Morgan fingerprint density at radius 3 is 2.76 bits per heavy atom. The first-order chi connectivity index (χ1) is 10.1. The molecule has 4 nitrogen and oxygen atoms in total. The second-order valence-electron chi connectivity index (χ2n) is 4.49. The Labute approximate surface area is 119 Å². The SMILES string of the molecule is O=C(NCc1ccc2c(c1)OCO2)c1cc(F)ccc1F. The zero-order valence-corrected chi connectivity index (χ0v) is 10.9. The number of amides is 1. The molecule has 1 heterocycles. The minimum absolute atomic E-state index is 0.166. The van der Waals surface area contributed by atoms with Crippen LogP contribution in [0.1, 0.15) is 15.9 Å². The predicted molar refractivity (Wildman–Crippen MR) is 70.1 cm³/mol. The zero-order valence-electron chi connectivity index (χ0n) is 10.9. The van der Waals surface area contributed by atoms with Crippen LogP contribution in [0.2, 0.25) is 0 Å². The number of benzene rings is 2. The van der Waals surface area contributed by atoms with Gasteiger partial charge in [0.25, 0.3) is 5.91 Å². The minimum atomic E-state index is -0.764. The largest absolute Gasteiger partial charge is 0.454 e. The maximum atomic E-state index is 13.5. The van der Waals surface area contributed by atoms with Crippen molar-refractivity contribution in [2.24, 2.45) is 0 Å². The molecule has 0 atom stereocenters. The Hall–Kier alpha value is -2.63. The summed E-state index contributed by atoms with van der Waals surface area (Å²) in [7, 11) is 0. The van der Waals surface area contributed by atoms with Crippen molar-refractivity contribution >= 4 is 5.91 Å². The van der Waals surface area contributed by atoms with E-state index in [1.165, 1.54) is 0 Å². The number of carbonyl (C=O) groups excluding carboxylic acids is 1. The van der Waals surface area contributed by atoms with Crippen molar-refractivity contribution < 1.29 is 23.0 Å². The third-order valence-electron chi connectivity index (χ3n) is 3.06. The molecule has 0 saturated heterocycles. The van der Waals surface area contributed by atoms with E-state index in [1.54, 1.807) is 18.2 Å². The molecule has 0 unspecified atom stereocenters. The highest BCUT2D eigenvalue weighted by molar-refractivity contribution is 5.94. The van der Waals surface area contributed by atoms with Gasteiger partial charge in [0.05, 0.1) is 5.56 Å². The molecule has 108 valence electrons. The fourth-order valence-corrected chi connectivity index (χ4v) is 2.00. The van der Waals surface area contributed by atoms with E-state index in [2.05, 4.69) is 5.32 Å². The molecule has 0 radical (unpaired) electrons. The molecule has 21 heavy (non-hydrogen) atoms. The Morgan fingerprint density at radius 2 is 1.90 bits per heavy atom. The molecule has 0 aliphatic carbocycles. The van der Waals surface area contributed by atoms with Gasteiger partial charge >= 0.3 is 0 Å². The van der Waals surface area contributed by atoms with Crippen molar-refractivity contribution in [1.82, 2.24) is 5.32 Å². The number of halogens is 2. The molecule has 0 aromatic heterocycles. The van der Waals surface area contributed by atoms with Gasteiger partial charge in [-0.2, -0.15) is 0 Å². The summed E-state index contributed by atoms with van der Waals surface area (Å²) < 4.78 is 36.9. The number of nitrogens with one attached hydrogen (secondary N) is 1. The van der Waals surface area contributed by atoms with E-state index in [0.717, 1.165) is 23.8 Å². The topological polar surface area (TPSA) is 47.6 Å². The Bertz CT molecular complexity index is 703. The average molecular weight is 291 g/mol. The van der Waals surface area contributed by atoms with Gasteiger partial charge in [0.2, 0.25) is 6.79 Å². The molecular weight excluding hydrogens is 280 g/mol. The van der Waals surface area contributed by atoms with Crippen LogP contribution in [-0.4, -0.2) is 12.7 Å². The smallest absolute Gasteiger partial charge is 0.254 e. The second kappa shape index (κ2) is 5.40. The van der Waals surface area contributed by atoms with Gasteiger partial charge in [-0.05, 0) is 35.9 Å². The molecule has 1 aliphatic heterocycles. The molecule has 0 saturated carbocycles. The van der Waals surface area contributed by atoms with Crippen LogP contribution in [0, 0.1) is 11.6 Å². The number of ether oxygens (including phenoxy) is 2. The molecule has 1 N–H and O–H groups in total. The summed E-state index contributed by atoms with van der Waals surface area (Å²) in [5.41, 5.74) is 0.445. The third kappa shape index (κ3) is 2.79. The molecular formula is C15H11F2NO3. The van der Waals surface area contributed by atoms with Gasteiger partial charge in [0.1, 0.15) is 11.6 Å². The van der Waals surface area contributed by atoms with Crippen LogP contribution in [0.5, 0.6) is 11.5 Å². The first-order valence-corrected chi connectivity index (χ1v) is 6.25. The lowest BCUT2D eigenvalue weighted by molar-refractivity contribution is 0.0946. The number of carbonyl (C=O) groups is 1. The normalized spacial score (nSPS) is 12.3. The quantitative estimate of drug-likeness (QED) is 0.945. The maximum absolute atomic E-state index is 13.5. The summed E-state index contributed by atoms with van der Waals surface area (Å²) in [5, 5.41) is 2.53.